The standard InChI is InChI=1S/C36H36N6O8/c1-3-5-9-17-49-33-15-13-23(41(45)46)19-25(33)35(43)39-31-21-29-30(38-28-12-8-7-11-27(28)37-29)22-32(31)40-36(44)26-20-24(42(47)48)14-16-34(26)50-18-10-6-4-2/h7-8,11-16,19-22H,3-6,9-10,17-18H2,1-2H3,(H,39,43)(H,40,44). The van der Waals surface area contributed by atoms with Crippen LogP contribution < -0.4 is 20.1 Å². The molecule has 50 heavy (non-hydrogen) atoms. The number of non-ortho nitro benzene ring substituents is 2. The molecule has 0 fully saturated rings. The molecule has 0 saturated heterocycles. The van der Waals surface area contributed by atoms with E-state index in [4.69, 9.17) is 9.47 Å². The number of benzene rings is 4. The Morgan fingerprint density at radius 2 is 1.04 bits per heavy atom. The van der Waals surface area contributed by atoms with Crippen molar-refractivity contribution < 1.29 is 28.9 Å². The fraction of sp³-hybridized carbons (Fsp3) is 0.278. The molecule has 0 unspecified atom stereocenters. The van der Waals surface area contributed by atoms with Crippen molar-refractivity contribution in [2.75, 3.05) is 23.8 Å². The summed E-state index contributed by atoms with van der Waals surface area (Å²) in [7, 11) is 0. The van der Waals surface area contributed by atoms with Crippen LogP contribution in [-0.4, -0.2) is 44.8 Å². The quantitative estimate of drug-likeness (QED) is 0.0444. The lowest BCUT2D eigenvalue weighted by Crippen LogP contribution is -2.19. The van der Waals surface area contributed by atoms with Gasteiger partial charge in [-0.25, -0.2) is 9.97 Å². The molecule has 0 atom stereocenters. The number of carbonyl (C=O) groups is 2. The fourth-order valence-corrected chi connectivity index (χ4v) is 5.19. The van der Waals surface area contributed by atoms with Gasteiger partial charge in [0.2, 0.25) is 0 Å². The van der Waals surface area contributed by atoms with Crippen LogP contribution in [0.3, 0.4) is 0 Å². The molecule has 0 aliphatic carbocycles. The van der Waals surface area contributed by atoms with E-state index < -0.39 is 21.7 Å². The van der Waals surface area contributed by atoms with Crippen molar-refractivity contribution in [3.05, 3.63) is 104 Å². The first kappa shape index (κ1) is 35.1. The van der Waals surface area contributed by atoms with Gasteiger partial charge in [0, 0.05) is 24.3 Å². The first-order chi connectivity index (χ1) is 24.2. The molecule has 4 aromatic carbocycles. The number of nitro benzene ring substituents is 2. The summed E-state index contributed by atoms with van der Waals surface area (Å²) in [5.41, 5.74) is 1.38. The number of nitro groups is 2. The maximum Gasteiger partial charge on any atom is 0.270 e. The summed E-state index contributed by atoms with van der Waals surface area (Å²) in [6, 6.07) is 17.8. The number of carbonyl (C=O) groups excluding carboxylic acids is 2. The maximum atomic E-state index is 13.8. The molecule has 0 aliphatic heterocycles. The Bertz CT molecular complexity index is 1920. The third-order valence-electron chi connectivity index (χ3n) is 7.82. The zero-order valence-electron chi connectivity index (χ0n) is 27.6. The smallest absolute Gasteiger partial charge is 0.270 e. The summed E-state index contributed by atoms with van der Waals surface area (Å²) in [5, 5.41) is 28.8. The van der Waals surface area contributed by atoms with Gasteiger partial charge in [0.25, 0.3) is 23.2 Å². The molecule has 0 radical (unpaired) electrons. The van der Waals surface area contributed by atoms with Gasteiger partial charge < -0.3 is 20.1 Å². The highest BCUT2D eigenvalue weighted by Gasteiger charge is 2.23. The molecule has 2 amide bonds. The predicted molar refractivity (Wildman–Crippen MR) is 189 cm³/mol. The Morgan fingerprint density at radius 3 is 1.42 bits per heavy atom. The number of hydrogen-bond donors (Lipinski definition) is 2. The second kappa shape index (κ2) is 16.3. The van der Waals surface area contributed by atoms with E-state index in [0.717, 1.165) is 50.7 Å². The van der Waals surface area contributed by atoms with E-state index in [1.54, 1.807) is 12.1 Å². The summed E-state index contributed by atoms with van der Waals surface area (Å²) in [6.45, 7) is 4.69. The van der Waals surface area contributed by atoms with E-state index in [9.17, 15) is 29.8 Å². The summed E-state index contributed by atoms with van der Waals surface area (Å²) >= 11 is 0. The Labute approximate surface area is 287 Å². The number of para-hydroxylation sites is 2. The number of nitrogens with one attached hydrogen (secondary N) is 2. The summed E-state index contributed by atoms with van der Waals surface area (Å²) < 4.78 is 11.7. The molecule has 14 heteroatoms. The van der Waals surface area contributed by atoms with Crippen molar-refractivity contribution in [3.63, 3.8) is 0 Å². The molecule has 0 aliphatic rings. The zero-order chi connectivity index (χ0) is 35.6. The molecule has 14 nitrogen and oxygen atoms in total. The molecule has 5 aromatic rings. The minimum Gasteiger partial charge on any atom is -0.493 e. The molecule has 1 aromatic heterocycles. The maximum absolute atomic E-state index is 13.8. The van der Waals surface area contributed by atoms with Crippen molar-refractivity contribution in [3.8, 4) is 11.5 Å². The van der Waals surface area contributed by atoms with Crippen LogP contribution >= 0.6 is 0 Å². The Balaban J connectivity index is 1.56. The van der Waals surface area contributed by atoms with Gasteiger partial charge in [-0.05, 0) is 49.2 Å². The number of nitrogens with zero attached hydrogens (tertiary/aromatic N) is 4. The summed E-state index contributed by atoms with van der Waals surface area (Å²) in [5.74, 6) is -1.16. The highest BCUT2D eigenvalue weighted by atomic mass is 16.6. The molecule has 258 valence electrons. The van der Waals surface area contributed by atoms with Gasteiger partial charge in [-0.15, -0.1) is 0 Å². The van der Waals surface area contributed by atoms with Crippen LogP contribution in [0.5, 0.6) is 11.5 Å². The van der Waals surface area contributed by atoms with Gasteiger partial charge in [0.1, 0.15) is 11.5 Å². The zero-order valence-corrected chi connectivity index (χ0v) is 27.6. The third kappa shape index (κ3) is 8.45. The Kier molecular flexibility index (Phi) is 11.4. The number of hydrogen-bond acceptors (Lipinski definition) is 10. The average Bonchev–Trinajstić information content (AvgIpc) is 3.11. The van der Waals surface area contributed by atoms with Gasteiger partial charge in [-0.3, -0.25) is 29.8 Å². The SMILES string of the molecule is CCCCCOc1ccc([N+](=O)[O-])cc1C(=O)Nc1cc2nc3ccccc3nc2cc1NC(=O)c1cc([N+](=O)[O-])ccc1OCCCCC. The molecule has 0 bridgehead atoms. The topological polar surface area (TPSA) is 189 Å². The van der Waals surface area contributed by atoms with Crippen LogP contribution in [0.1, 0.15) is 73.1 Å². The Hall–Kier alpha value is -6.18. The number of ether oxygens (including phenoxy) is 2. The van der Waals surface area contributed by atoms with Crippen molar-refractivity contribution >= 4 is 56.6 Å². The second-order valence-corrected chi connectivity index (χ2v) is 11.5. The van der Waals surface area contributed by atoms with Crippen LogP contribution in [-0.2, 0) is 0 Å². The number of anilines is 2. The molecular formula is C36H36N6O8. The normalized spacial score (nSPS) is 10.9. The first-order valence-electron chi connectivity index (χ1n) is 16.3. The molecular weight excluding hydrogens is 644 g/mol. The largest absolute Gasteiger partial charge is 0.493 e. The highest BCUT2D eigenvalue weighted by molar-refractivity contribution is 6.13. The molecule has 2 N–H and O–H groups in total. The molecule has 1 heterocycles. The summed E-state index contributed by atoms with van der Waals surface area (Å²) in [4.78, 5) is 59.0. The Morgan fingerprint density at radius 1 is 0.620 bits per heavy atom. The van der Waals surface area contributed by atoms with Crippen LogP contribution in [0.15, 0.2) is 72.8 Å². The molecule has 5 rings (SSSR count). The van der Waals surface area contributed by atoms with Crippen LogP contribution in [0, 0.1) is 20.2 Å². The first-order valence-corrected chi connectivity index (χ1v) is 16.3. The highest BCUT2D eigenvalue weighted by Crippen LogP contribution is 2.33. The van der Waals surface area contributed by atoms with Gasteiger partial charge in [0.15, 0.2) is 0 Å². The van der Waals surface area contributed by atoms with Crippen molar-refractivity contribution in [2.24, 2.45) is 0 Å². The fourth-order valence-electron chi connectivity index (χ4n) is 5.19. The van der Waals surface area contributed by atoms with Gasteiger partial charge in [-0.2, -0.15) is 0 Å². The van der Waals surface area contributed by atoms with Crippen molar-refractivity contribution in [1.82, 2.24) is 9.97 Å². The van der Waals surface area contributed by atoms with E-state index >= 15 is 0 Å². The molecule has 0 saturated carbocycles. The summed E-state index contributed by atoms with van der Waals surface area (Å²) in [6.07, 6.45) is 5.16. The van der Waals surface area contributed by atoms with E-state index in [1.807, 2.05) is 26.0 Å². The van der Waals surface area contributed by atoms with E-state index in [0.29, 0.717) is 35.3 Å². The third-order valence-corrected chi connectivity index (χ3v) is 7.82. The average molecular weight is 681 g/mol. The van der Waals surface area contributed by atoms with Crippen LogP contribution in [0.25, 0.3) is 22.1 Å². The van der Waals surface area contributed by atoms with Gasteiger partial charge in [0.05, 0.1) is 67.6 Å². The number of unbranched alkanes of at least 4 members (excludes halogenated alkanes) is 4. The number of rotatable bonds is 16. The lowest BCUT2D eigenvalue weighted by Gasteiger charge is -2.16. The van der Waals surface area contributed by atoms with E-state index in [1.165, 1.54) is 36.4 Å². The minimum atomic E-state index is -0.738. The minimum absolute atomic E-state index is 0.0842. The van der Waals surface area contributed by atoms with E-state index in [-0.39, 0.29) is 45.4 Å². The molecule has 0 spiro atoms. The van der Waals surface area contributed by atoms with Crippen molar-refractivity contribution in [1.29, 1.82) is 0 Å². The number of fused-ring (bicyclic) bond motifs is 2. The van der Waals surface area contributed by atoms with E-state index in [2.05, 4.69) is 20.6 Å². The van der Waals surface area contributed by atoms with Crippen molar-refractivity contribution in [2.45, 2.75) is 52.4 Å². The number of aromatic nitrogens is 2. The van der Waals surface area contributed by atoms with Crippen LogP contribution in [0.2, 0.25) is 0 Å². The lowest BCUT2D eigenvalue weighted by atomic mass is 10.1. The predicted octanol–water partition coefficient (Wildman–Crippen LogP) is 8.24. The van der Waals surface area contributed by atoms with Gasteiger partial charge >= 0.3 is 0 Å². The monoisotopic (exact) mass is 680 g/mol. The lowest BCUT2D eigenvalue weighted by molar-refractivity contribution is -0.385. The number of amides is 2. The van der Waals surface area contributed by atoms with Crippen LogP contribution in [0.4, 0.5) is 22.7 Å². The second-order valence-electron chi connectivity index (χ2n) is 11.5. The van der Waals surface area contributed by atoms with Gasteiger partial charge in [-0.1, -0.05) is 51.7 Å².